The Morgan fingerprint density at radius 3 is 2.79 bits per heavy atom. The van der Waals surface area contributed by atoms with Crippen molar-refractivity contribution in [2.45, 2.75) is 44.9 Å². The number of carbonyl (C=O) groups is 1. The number of hydrogen-bond acceptors (Lipinski definition) is 6. The second-order valence-electron chi connectivity index (χ2n) is 8.36. The van der Waals surface area contributed by atoms with Gasteiger partial charge in [-0.25, -0.2) is 9.67 Å². The Morgan fingerprint density at radius 2 is 2.14 bits per heavy atom. The molecule has 2 heterocycles. The number of ether oxygens (including phenoxy) is 1. The van der Waals surface area contributed by atoms with Crippen molar-refractivity contribution in [3.8, 4) is 5.75 Å². The zero-order chi connectivity index (χ0) is 20.4. The molecule has 1 aliphatic carbocycles. The number of rotatable bonds is 8. The number of hydrogen-bond donors (Lipinski definition) is 2. The molecule has 2 aromatic rings. The maximum absolute atomic E-state index is 12.1. The Labute approximate surface area is 170 Å². The van der Waals surface area contributed by atoms with E-state index in [0.29, 0.717) is 44.9 Å². The number of methoxy groups -OCH3 is 1. The Morgan fingerprint density at radius 1 is 1.31 bits per heavy atom. The number of aliphatic hydroxyl groups is 1. The summed E-state index contributed by atoms with van der Waals surface area (Å²) in [5.41, 5.74) is 1.02. The third-order valence-electron chi connectivity index (χ3n) is 6.19. The Hall–Kier alpha value is -2.45. The molecule has 29 heavy (non-hydrogen) atoms. The summed E-state index contributed by atoms with van der Waals surface area (Å²) in [6.07, 6.45) is 5.59. The Kier molecular flexibility index (Phi) is 5.56. The minimum atomic E-state index is -1.06. The third kappa shape index (κ3) is 4.28. The largest absolute Gasteiger partial charge is 0.496 e. The van der Waals surface area contributed by atoms with Crippen molar-refractivity contribution in [3.63, 3.8) is 0 Å². The molecule has 8 heteroatoms. The van der Waals surface area contributed by atoms with Gasteiger partial charge in [0, 0.05) is 25.2 Å². The highest BCUT2D eigenvalue weighted by atomic mass is 16.5. The van der Waals surface area contributed by atoms with Gasteiger partial charge in [0.05, 0.1) is 19.8 Å². The van der Waals surface area contributed by atoms with Gasteiger partial charge in [0.25, 0.3) is 0 Å². The van der Waals surface area contributed by atoms with Crippen molar-refractivity contribution in [2.75, 3.05) is 20.2 Å². The van der Waals surface area contributed by atoms with Crippen LogP contribution in [0.15, 0.2) is 30.9 Å². The van der Waals surface area contributed by atoms with Gasteiger partial charge in [-0.1, -0.05) is 18.9 Å². The summed E-state index contributed by atoms with van der Waals surface area (Å²) in [5.74, 6) is 0.353. The minimum Gasteiger partial charge on any atom is -0.496 e. The van der Waals surface area contributed by atoms with Gasteiger partial charge in [-0.2, -0.15) is 5.10 Å². The van der Waals surface area contributed by atoms with Gasteiger partial charge in [0.15, 0.2) is 0 Å². The van der Waals surface area contributed by atoms with Crippen LogP contribution in [0.3, 0.4) is 0 Å². The lowest BCUT2D eigenvalue weighted by molar-refractivity contribution is -0.165. The number of likely N-dealkylation sites (tertiary alicyclic amines) is 1. The average molecular weight is 400 g/mol. The van der Waals surface area contributed by atoms with E-state index >= 15 is 0 Å². The number of carboxylic acids is 1. The summed E-state index contributed by atoms with van der Waals surface area (Å²) in [4.78, 5) is 18.3. The van der Waals surface area contributed by atoms with Crippen molar-refractivity contribution < 1.29 is 19.7 Å². The molecular formula is C21H28N4O4. The predicted octanol–water partition coefficient (Wildman–Crippen LogP) is 1.77. The third-order valence-corrected chi connectivity index (χ3v) is 6.19. The number of aliphatic hydroxyl groups excluding tert-OH is 1. The molecule has 1 saturated carbocycles. The van der Waals surface area contributed by atoms with Crippen molar-refractivity contribution >= 4 is 5.97 Å². The molecule has 0 spiro atoms. The number of nitrogens with zero attached hydrogens (tertiary/aromatic N) is 4. The summed E-state index contributed by atoms with van der Waals surface area (Å²) in [6.45, 7) is 2.26. The molecule has 156 valence electrons. The van der Waals surface area contributed by atoms with Crippen molar-refractivity contribution in [1.29, 1.82) is 0 Å². The first kappa shape index (κ1) is 19.8. The summed E-state index contributed by atoms with van der Waals surface area (Å²) in [5, 5.41) is 24.7. The van der Waals surface area contributed by atoms with Crippen molar-refractivity contribution in [1.82, 2.24) is 19.7 Å². The van der Waals surface area contributed by atoms with Crippen LogP contribution in [0.25, 0.3) is 0 Å². The van der Waals surface area contributed by atoms with Crippen LogP contribution in [0.1, 0.15) is 36.8 Å². The summed E-state index contributed by atoms with van der Waals surface area (Å²) in [7, 11) is 1.64. The average Bonchev–Trinajstić information content (AvgIpc) is 3.36. The molecule has 2 fully saturated rings. The predicted molar refractivity (Wildman–Crippen MR) is 105 cm³/mol. The number of aromatic nitrogens is 3. The summed E-state index contributed by atoms with van der Waals surface area (Å²) < 4.78 is 7.22. The highest BCUT2D eigenvalue weighted by Gasteiger charge is 2.51. The number of benzene rings is 1. The van der Waals surface area contributed by atoms with E-state index in [1.54, 1.807) is 18.1 Å². The zero-order valence-electron chi connectivity index (χ0n) is 16.7. The first-order valence-electron chi connectivity index (χ1n) is 10.1. The molecule has 1 aromatic heterocycles. The van der Waals surface area contributed by atoms with Crippen LogP contribution in [0, 0.1) is 11.3 Å². The molecule has 2 aliphatic rings. The summed E-state index contributed by atoms with van der Waals surface area (Å²) in [6, 6.07) is 6.03. The van der Waals surface area contributed by atoms with Gasteiger partial charge in [-0.3, -0.25) is 9.69 Å². The number of carboxylic acid groups (broad SMARTS) is 1. The van der Waals surface area contributed by atoms with Crippen LogP contribution < -0.4 is 4.74 Å². The van der Waals surface area contributed by atoms with E-state index in [4.69, 9.17) is 4.74 Å². The maximum atomic E-state index is 12.1. The van der Waals surface area contributed by atoms with E-state index in [0.717, 1.165) is 29.7 Å². The molecular weight excluding hydrogens is 372 g/mol. The SMILES string of the molecule is COc1ccc(CN2CC[C@@H](O)[C@](CC3CC3)(C(=O)O)C2)cc1Cn1cncn1. The second-order valence-corrected chi connectivity index (χ2v) is 8.36. The van der Waals surface area contributed by atoms with Gasteiger partial charge in [0.1, 0.15) is 23.8 Å². The fourth-order valence-corrected chi connectivity index (χ4v) is 4.44. The van der Waals surface area contributed by atoms with Gasteiger partial charge in [0.2, 0.25) is 0 Å². The fourth-order valence-electron chi connectivity index (χ4n) is 4.44. The molecule has 4 rings (SSSR count). The first-order chi connectivity index (χ1) is 14.0. The minimum absolute atomic E-state index is 0.379. The van der Waals surface area contributed by atoms with Crippen LogP contribution in [-0.4, -0.2) is 62.2 Å². The molecule has 0 radical (unpaired) electrons. The van der Waals surface area contributed by atoms with Crippen molar-refractivity contribution in [3.05, 3.63) is 42.0 Å². The van der Waals surface area contributed by atoms with Gasteiger partial charge in [-0.05, 0) is 36.5 Å². The molecule has 2 N–H and O–H groups in total. The lowest BCUT2D eigenvalue weighted by Crippen LogP contribution is -2.55. The van der Waals surface area contributed by atoms with Crippen LogP contribution >= 0.6 is 0 Å². The molecule has 0 bridgehead atoms. The molecule has 1 aliphatic heterocycles. The van der Waals surface area contributed by atoms with Crippen molar-refractivity contribution in [2.24, 2.45) is 11.3 Å². The zero-order valence-corrected chi connectivity index (χ0v) is 16.7. The maximum Gasteiger partial charge on any atom is 0.313 e. The first-order valence-corrected chi connectivity index (χ1v) is 10.1. The number of aliphatic carboxylic acids is 1. The smallest absolute Gasteiger partial charge is 0.313 e. The molecule has 0 unspecified atom stereocenters. The van der Waals surface area contributed by atoms with Crippen LogP contribution in [0.4, 0.5) is 0 Å². The quantitative estimate of drug-likeness (QED) is 0.696. The molecule has 1 aromatic carbocycles. The molecule has 0 amide bonds. The molecule has 8 nitrogen and oxygen atoms in total. The summed E-state index contributed by atoms with van der Waals surface area (Å²) >= 11 is 0. The van der Waals surface area contributed by atoms with Gasteiger partial charge in [-0.15, -0.1) is 0 Å². The normalized spacial score (nSPS) is 25.1. The van der Waals surface area contributed by atoms with E-state index < -0.39 is 17.5 Å². The fraction of sp³-hybridized carbons (Fsp3) is 0.571. The van der Waals surface area contributed by atoms with E-state index in [9.17, 15) is 15.0 Å². The highest BCUT2D eigenvalue weighted by molar-refractivity contribution is 5.76. The van der Waals surface area contributed by atoms with E-state index in [1.807, 2.05) is 12.1 Å². The molecule has 1 saturated heterocycles. The molecule has 2 atom stereocenters. The second kappa shape index (κ2) is 8.12. The van der Waals surface area contributed by atoms with E-state index in [2.05, 4.69) is 21.0 Å². The number of piperidine rings is 1. The van der Waals surface area contributed by atoms with Crippen LogP contribution in [0.5, 0.6) is 5.75 Å². The van der Waals surface area contributed by atoms with Crippen LogP contribution in [0.2, 0.25) is 0 Å². The Balaban J connectivity index is 1.51. The van der Waals surface area contributed by atoms with Gasteiger partial charge < -0.3 is 14.9 Å². The van der Waals surface area contributed by atoms with E-state index in [1.165, 1.54) is 6.33 Å². The lowest BCUT2D eigenvalue weighted by Gasteiger charge is -2.43. The van der Waals surface area contributed by atoms with Crippen LogP contribution in [-0.2, 0) is 17.9 Å². The van der Waals surface area contributed by atoms with E-state index in [-0.39, 0.29) is 0 Å². The standard InChI is InChI=1S/C21H28N4O4/c1-29-18-5-4-16(8-17(18)11-25-14-22-13-23-25)10-24-7-6-19(26)21(12-24,20(27)28)9-15-2-3-15/h4-5,8,13-15,19,26H,2-3,6-7,9-12H2,1H3,(H,27,28)/t19-,21-/m1/s1. The monoisotopic (exact) mass is 400 g/mol. The highest BCUT2D eigenvalue weighted by Crippen LogP contribution is 2.45. The lowest BCUT2D eigenvalue weighted by atomic mass is 9.73. The Bertz CT molecular complexity index is 852. The van der Waals surface area contributed by atoms with Gasteiger partial charge >= 0.3 is 5.97 Å². The topological polar surface area (TPSA) is 101 Å².